The Morgan fingerprint density at radius 2 is 2.03 bits per heavy atom. The molecule has 2 fully saturated rings. The number of benzene rings is 1. The number of likely N-dealkylation sites (tertiary alicyclic amines) is 1. The third-order valence-corrected chi connectivity index (χ3v) is 7.47. The maximum absolute atomic E-state index is 13.1. The van der Waals surface area contributed by atoms with Gasteiger partial charge in [-0.2, -0.15) is 4.37 Å². The van der Waals surface area contributed by atoms with E-state index in [1.807, 2.05) is 0 Å². The summed E-state index contributed by atoms with van der Waals surface area (Å²) < 4.78 is 17.6. The van der Waals surface area contributed by atoms with E-state index >= 15 is 0 Å². The molecule has 174 valence electrons. The first-order valence-electron chi connectivity index (χ1n) is 11.9. The first-order valence-corrected chi connectivity index (χ1v) is 12.7. The highest BCUT2D eigenvalue weighted by molar-refractivity contribution is 7.09. The summed E-state index contributed by atoms with van der Waals surface area (Å²) in [6, 6.07) is 7.13. The normalized spacial score (nSPS) is 22.1. The number of piperidine rings is 2. The minimum Gasteiger partial charge on any atom is -0.356 e. The van der Waals surface area contributed by atoms with Crippen LogP contribution in [0.3, 0.4) is 0 Å². The standard InChI is InChI=1S/C24H34FN5OS/c1-18-6-2-3-13-29(18)15-5-12-26-23(31)20-7-4-14-30(17-20)24-27-22(28-32-24)16-19-8-10-21(25)11-9-19/h8-11,18,20H,2-7,12-17H2,1H3,(H,26,31). The van der Waals surface area contributed by atoms with Crippen molar-refractivity contribution >= 4 is 22.6 Å². The number of hydrogen-bond acceptors (Lipinski definition) is 6. The Morgan fingerprint density at radius 1 is 1.19 bits per heavy atom. The highest BCUT2D eigenvalue weighted by Gasteiger charge is 2.27. The molecule has 0 spiro atoms. The van der Waals surface area contributed by atoms with Crippen molar-refractivity contribution in [1.82, 2.24) is 19.6 Å². The minimum absolute atomic E-state index is 0.00195. The summed E-state index contributed by atoms with van der Waals surface area (Å²) in [7, 11) is 0. The van der Waals surface area contributed by atoms with Crippen LogP contribution in [-0.2, 0) is 11.2 Å². The molecule has 1 aromatic heterocycles. The predicted molar refractivity (Wildman–Crippen MR) is 127 cm³/mol. The van der Waals surface area contributed by atoms with Crippen LogP contribution in [0.15, 0.2) is 24.3 Å². The molecule has 2 aliphatic heterocycles. The molecule has 2 unspecified atom stereocenters. The van der Waals surface area contributed by atoms with Gasteiger partial charge in [0.25, 0.3) is 0 Å². The molecule has 1 N–H and O–H groups in total. The van der Waals surface area contributed by atoms with Gasteiger partial charge in [0.1, 0.15) is 11.6 Å². The van der Waals surface area contributed by atoms with Crippen molar-refractivity contribution in [3.05, 3.63) is 41.5 Å². The van der Waals surface area contributed by atoms with E-state index < -0.39 is 0 Å². The quantitative estimate of drug-likeness (QED) is 0.608. The third-order valence-electron chi connectivity index (χ3n) is 6.66. The Morgan fingerprint density at radius 3 is 2.84 bits per heavy atom. The molecule has 2 aromatic rings. The molecular weight excluding hydrogens is 425 g/mol. The van der Waals surface area contributed by atoms with E-state index in [-0.39, 0.29) is 17.6 Å². The zero-order valence-electron chi connectivity index (χ0n) is 18.9. The summed E-state index contributed by atoms with van der Waals surface area (Å²) in [4.78, 5) is 22.2. The van der Waals surface area contributed by atoms with Crippen LogP contribution in [0.4, 0.5) is 9.52 Å². The Hall–Kier alpha value is -2.06. The highest BCUT2D eigenvalue weighted by Crippen LogP contribution is 2.25. The average molecular weight is 460 g/mol. The third kappa shape index (κ3) is 6.25. The van der Waals surface area contributed by atoms with Crippen molar-refractivity contribution in [2.24, 2.45) is 5.92 Å². The Kier molecular flexibility index (Phi) is 8.08. The zero-order valence-corrected chi connectivity index (χ0v) is 19.7. The second-order valence-electron chi connectivity index (χ2n) is 9.11. The fourth-order valence-electron chi connectivity index (χ4n) is 4.72. The molecule has 2 aliphatic rings. The van der Waals surface area contributed by atoms with Gasteiger partial charge in [0, 0.05) is 50.2 Å². The van der Waals surface area contributed by atoms with E-state index in [0.717, 1.165) is 55.4 Å². The monoisotopic (exact) mass is 459 g/mol. The van der Waals surface area contributed by atoms with Crippen LogP contribution in [0.5, 0.6) is 0 Å². The van der Waals surface area contributed by atoms with Crippen LogP contribution in [0.2, 0.25) is 0 Å². The van der Waals surface area contributed by atoms with Crippen LogP contribution >= 0.6 is 11.5 Å². The summed E-state index contributed by atoms with van der Waals surface area (Å²) in [5.74, 6) is 0.675. The van der Waals surface area contributed by atoms with Crippen molar-refractivity contribution < 1.29 is 9.18 Å². The minimum atomic E-state index is -0.237. The Labute approximate surface area is 194 Å². The lowest BCUT2D eigenvalue weighted by Crippen LogP contribution is -2.44. The SMILES string of the molecule is CC1CCCCN1CCCNC(=O)C1CCCN(c2nc(Cc3ccc(F)cc3)ns2)C1. The number of rotatable bonds is 8. The molecule has 6 nitrogen and oxygen atoms in total. The van der Waals surface area contributed by atoms with Crippen LogP contribution in [0.1, 0.15) is 56.8 Å². The molecule has 1 aromatic carbocycles. The van der Waals surface area contributed by atoms with Crippen molar-refractivity contribution in [3.63, 3.8) is 0 Å². The van der Waals surface area contributed by atoms with Gasteiger partial charge in [-0.25, -0.2) is 9.37 Å². The lowest BCUT2D eigenvalue weighted by molar-refractivity contribution is -0.125. The van der Waals surface area contributed by atoms with Gasteiger partial charge in [-0.1, -0.05) is 18.6 Å². The largest absolute Gasteiger partial charge is 0.356 e. The van der Waals surface area contributed by atoms with Gasteiger partial charge < -0.3 is 15.1 Å². The molecule has 0 bridgehead atoms. The van der Waals surface area contributed by atoms with E-state index in [0.29, 0.717) is 19.0 Å². The Bertz CT molecular complexity index is 874. The van der Waals surface area contributed by atoms with E-state index in [4.69, 9.17) is 0 Å². The molecule has 3 heterocycles. The smallest absolute Gasteiger partial charge is 0.224 e. The van der Waals surface area contributed by atoms with Crippen molar-refractivity contribution in [3.8, 4) is 0 Å². The maximum Gasteiger partial charge on any atom is 0.224 e. The van der Waals surface area contributed by atoms with Crippen LogP contribution in [0, 0.1) is 11.7 Å². The molecule has 0 saturated carbocycles. The van der Waals surface area contributed by atoms with E-state index in [1.54, 1.807) is 12.1 Å². The number of halogens is 1. The van der Waals surface area contributed by atoms with Crippen LogP contribution in [-0.4, -0.2) is 58.9 Å². The number of nitrogens with one attached hydrogen (secondary N) is 1. The molecule has 8 heteroatoms. The zero-order chi connectivity index (χ0) is 22.3. The molecule has 2 atom stereocenters. The summed E-state index contributed by atoms with van der Waals surface area (Å²) in [5, 5.41) is 4.04. The summed E-state index contributed by atoms with van der Waals surface area (Å²) in [5.41, 5.74) is 0.991. The Balaban J connectivity index is 1.22. The van der Waals surface area contributed by atoms with Gasteiger partial charge in [-0.3, -0.25) is 4.79 Å². The van der Waals surface area contributed by atoms with Gasteiger partial charge in [0.2, 0.25) is 11.0 Å². The molecule has 4 rings (SSSR count). The topological polar surface area (TPSA) is 61.4 Å². The molecule has 0 radical (unpaired) electrons. The number of hydrogen-bond donors (Lipinski definition) is 1. The highest BCUT2D eigenvalue weighted by atomic mass is 32.1. The fraction of sp³-hybridized carbons (Fsp3) is 0.625. The number of anilines is 1. The summed E-state index contributed by atoms with van der Waals surface area (Å²) in [6.07, 6.45) is 7.44. The summed E-state index contributed by atoms with van der Waals surface area (Å²) >= 11 is 1.38. The fourth-order valence-corrected chi connectivity index (χ4v) is 5.44. The second kappa shape index (κ2) is 11.2. The predicted octanol–water partition coefficient (Wildman–Crippen LogP) is 3.87. The van der Waals surface area contributed by atoms with Crippen molar-refractivity contribution in [2.75, 3.05) is 37.6 Å². The summed E-state index contributed by atoms with van der Waals surface area (Å²) in [6.45, 7) is 6.92. The second-order valence-corrected chi connectivity index (χ2v) is 9.84. The number of nitrogens with zero attached hydrogens (tertiary/aromatic N) is 4. The average Bonchev–Trinajstić information content (AvgIpc) is 3.28. The first kappa shape index (κ1) is 23.1. The van der Waals surface area contributed by atoms with Gasteiger partial charge in [0.15, 0.2) is 0 Å². The lowest BCUT2D eigenvalue weighted by atomic mass is 9.97. The van der Waals surface area contributed by atoms with E-state index in [1.165, 1.54) is 49.5 Å². The first-order chi connectivity index (χ1) is 15.6. The molecule has 32 heavy (non-hydrogen) atoms. The molecule has 1 amide bonds. The number of carbonyl (C=O) groups excluding carboxylic acids is 1. The van der Waals surface area contributed by atoms with Gasteiger partial charge >= 0.3 is 0 Å². The van der Waals surface area contributed by atoms with Gasteiger partial charge in [-0.15, -0.1) is 0 Å². The number of aromatic nitrogens is 2. The van der Waals surface area contributed by atoms with Crippen molar-refractivity contribution in [2.45, 2.75) is 57.9 Å². The molecule has 0 aliphatic carbocycles. The van der Waals surface area contributed by atoms with E-state index in [9.17, 15) is 9.18 Å². The molecular formula is C24H34FN5OS. The van der Waals surface area contributed by atoms with Gasteiger partial charge in [0.05, 0.1) is 5.92 Å². The molecule has 2 saturated heterocycles. The lowest BCUT2D eigenvalue weighted by Gasteiger charge is -2.33. The number of amides is 1. The maximum atomic E-state index is 13.1. The van der Waals surface area contributed by atoms with E-state index in [2.05, 4.69) is 31.4 Å². The van der Waals surface area contributed by atoms with Crippen LogP contribution in [0.25, 0.3) is 0 Å². The van der Waals surface area contributed by atoms with Gasteiger partial charge in [-0.05, 0) is 63.3 Å². The number of carbonyl (C=O) groups is 1. The van der Waals surface area contributed by atoms with Crippen LogP contribution < -0.4 is 10.2 Å². The van der Waals surface area contributed by atoms with Crippen molar-refractivity contribution in [1.29, 1.82) is 0 Å².